The SMILES string of the molecule is C.C.Cc1cccc(C)c1-n1c(C)[n+](C)c2c3ccccc3oc21.Cc1cccc(C)c1-n1c(C)nc2oc3ccccc3c21.Cc1cccc(C)c1-n1c2ccccc2c2oc(C)[n+](C)c21.Cc1nc2c3ccccc3n(-c3c(C)cccc3C)c2o1.Cc1oc2c3ccccc3oc2[n+]1C. The van der Waals surface area contributed by atoms with Crippen LogP contribution in [0.25, 0.3) is 134 Å². The van der Waals surface area contributed by atoms with Crippen LogP contribution in [-0.4, -0.2) is 28.2 Å². The summed E-state index contributed by atoms with van der Waals surface area (Å²) >= 11 is 0. The Morgan fingerprint density at radius 3 is 1.30 bits per heavy atom. The number of benzene rings is 9. The topological polar surface area (TPSA) is 136 Å². The quantitative estimate of drug-likeness (QED) is 0.159. The highest BCUT2D eigenvalue weighted by Crippen LogP contribution is 2.39. The number of para-hydroxylation sites is 9. The largest absolute Gasteiger partial charge is 0.436 e. The lowest BCUT2D eigenvalue weighted by molar-refractivity contribution is -0.663. The van der Waals surface area contributed by atoms with Crippen LogP contribution in [0.2, 0.25) is 0 Å². The van der Waals surface area contributed by atoms with Crippen LogP contribution in [0.1, 0.15) is 88.7 Å². The van der Waals surface area contributed by atoms with E-state index in [-0.39, 0.29) is 14.9 Å². The molecule has 9 aromatic carbocycles. The molecule has 0 saturated carbocycles. The second kappa shape index (κ2) is 26.9. The molecule has 10 heterocycles. The first-order valence-corrected chi connectivity index (χ1v) is 33.8. The number of fused-ring (bicyclic) bond motifs is 15. The third-order valence-electron chi connectivity index (χ3n) is 19.6. The lowest BCUT2D eigenvalue weighted by Crippen LogP contribution is -2.31. The third kappa shape index (κ3) is 11.3. The zero-order valence-electron chi connectivity index (χ0n) is 59.4. The molecule has 0 bridgehead atoms. The number of hydrogen-bond acceptors (Lipinski definition) is 8. The molecule has 0 aliphatic heterocycles. The highest BCUT2D eigenvalue weighted by atomic mass is 16.4. The smallest absolute Gasteiger partial charge is 0.421 e. The first kappa shape index (κ1) is 68.5. The first-order valence-electron chi connectivity index (χ1n) is 33.8. The van der Waals surface area contributed by atoms with Crippen molar-refractivity contribution in [2.75, 3.05) is 0 Å². The molecule has 0 aliphatic rings. The van der Waals surface area contributed by atoms with Crippen molar-refractivity contribution < 1.29 is 40.2 Å². The molecule has 0 unspecified atom stereocenters. The Morgan fingerprint density at radius 1 is 0.324 bits per heavy atom. The van der Waals surface area contributed by atoms with Gasteiger partial charge in [0.2, 0.25) is 22.5 Å². The standard InChI is InChI=1S/2C19H19N2O.2C18H16N2O.C11H10NO2.2CH4/c1-12-8-7-9-13(2)17(12)21-16-11-6-5-10-15(16)18-19(21)20(4)14(3)22-18;1-12-8-7-9-13(2)17(12)21-14(3)20(4)18-15-10-5-6-11-16(15)22-19(18)21;1-11-7-6-8-12(2)17(11)20-15-10-5-4-9-14(15)16-18(20)21-13(3)19-16;1-11-7-6-8-12(2)16(11)20-13(3)19-18-17(20)14-9-4-5-10-15(14)21-18;1-7-12(2)11-10(13-7)8-5-3-4-6-9(8)14-11;;/h2*5-11H,1-4H3;2*4-10H,1-3H3;3-6H,1-2H3;2*1H4/q2*+1;;;+1;;. The third-order valence-corrected chi connectivity index (χ3v) is 19.6. The van der Waals surface area contributed by atoms with Gasteiger partial charge in [-0.2, -0.15) is 18.7 Å². The zero-order valence-corrected chi connectivity index (χ0v) is 59.4. The lowest BCUT2D eigenvalue weighted by atomic mass is 10.1. The number of aryl methyl sites for hydroxylation is 15. The van der Waals surface area contributed by atoms with Crippen LogP contribution in [-0.2, 0) is 21.1 Å². The number of furan rings is 3. The Kier molecular flexibility index (Phi) is 18.1. The maximum Gasteiger partial charge on any atom is 0.421 e. The molecule has 0 saturated heterocycles. The molecule has 0 fully saturated rings. The van der Waals surface area contributed by atoms with Crippen molar-refractivity contribution in [1.82, 2.24) is 28.2 Å². The summed E-state index contributed by atoms with van der Waals surface area (Å²) in [5, 5.41) is 5.59. The number of aromatic nitrogens is 9. The normalized spacial score (nSPS) is 11.4. The number of imidazole rings is 2. The Hall–Kier alpha value is -12.0. The fourth-order valence-electron chi connectivity index (χ4n) is 14.6. The molecule has 19 rings (SSSR count). The van der Waals surface area contributed by atoms with Crippen molar-refractivity contribution in [3.63, 3.8) is 0 Å². The summed E-state index contributed by atoms with van der Waals surface area (Å²) in [6.45, 7) is 27.1. The van der Waals surface area contributed by atoms with Gasteiger partial charge < -0.3 is 26.5 Å². The summed E-state index contributed by atoms with van der Waals surface area (Å²) in [6, 6.07) is 66.5. The maximum absolute atomic E-state index is 6.19. The number of rotatable bonds is 4. The highest BCUT2D eigenvalue weighted by molar-refractivity contribution is 6.07. The zero-order chi connectivity index (χ0) is 69.7. The van der Waals surface area contributed by atoms with E-state index in [0.717, 1.165) is 123 Å². The minimum Gasteiger partial charge on any atom is -0.436 e. The van der Waals surface area contributed by atoms with Crippen molar-refractivity contribution in [2.45, 2.75) is 105 Å². The van der Waals surface area contributed by atoms with Gasteiger partial charge in [0.05, 0.1) is 54.1 Å². The summed E-state index contributed by atoms with van der Waals surface area (Å²) in [4.78, 5) is 9.16. The van der Waals surface area contributed by atoms with Crippen LogP contribution >= 0.6 is 0 Å². The molecular weight excluding hydrogens is 1270 g/mol. The van der Waals surface area contributed by atoms with Gasteiger partial charge in [-0.25, -0.2) is 9.55 Å². The average molecular weight is 1360 g/mol. The Labute approximate surface area is 592 Å². The molecular formula is C87H88N9O6+3. The number of nitrogens with zero attached hydrogens (tertiary/aromatic N) is 9. The van der Waals surface area contributed by atoms with Crippen LogP contribution in [0, 0.1) is 90.0 Å². The van der Waals surface area contributed by atoms with Gasteiger partial charge in [0.15, 0.2) is 5.89 Å². The summed E-state index contributed by atoms with van der Waals surface area (Å²) < 4.78 is 50.5. The Bertz CT molecular complexity index is 6310. The van der Waals surface area contributed by atoms with Gasteiger partial charge in [-0.15, -0.1) is 4.57 Å². The summed E-state index contributed by atoms with van der Waals surface area (Å²) in [5.41, 5.74) is 29.1. The van der Waals surface area contributed by atoms with Crippen molar-refractivity contribution in [1.29, 1.82) is 0 Å². The molecule has 0 radical (unpaired) electrons. The van der Waals surface area contributed by atoms with E-state index in [1.807, 2.05) is 100.0 Å². The molecule has 514 valence electrons. The Balaban J connectivity index is 0.000000114. The number of hydrogen-bond donors (Lipinski definition) is 0. The fourth-order valence-corrected chi connectivity index (χ4v) is 14.6. The predicted molar refractivity (Wildman–Crippen MR) is 412 cm³/mol. The van der Waals surface area contributed by atoms with Gasteiger partial charge in [0.25, 0.3) is 17.3 Å². The Morgan fingerprint density at radius 2 is 0.745 bits per heavy atom. The molecule has 0 aliphatic carbocycles. The van der Waals surface area contributed by atoms with E-state index in [9.17, 15) is 0 Å². The summed E-state index contributed by atoms with van der Waals surface area (Å²) in [7, 11) is 6.09. The molecule has 0 amide bonds. The van der Waals surface area contributed by atoms with Crippen LogP contribution in [0.3, 0.4) is 0 Å². The van der Waals surface area contributed by atoms with E-state index < -0.39 is 0 Å². The van der Waals surface area contributed by atoms with Crippen LogP contribution in [0.5, 0.6) is 0 Å². The minimum atomic E-state index is 0. The van der Waals surface area contributed by atoms with Gasteiger partial charge in [0.1, 0.15) is 57.5 Å². The van der Waals surface area contributed by atoms with Gasteiger partial charge >= 0.3 is 23.0 Å². The van der Waals surface area contributed by atoms with Crippen molar-refractivity contribution in [2.24, 2.45) is 21.1 Å². The second-order valence-corrected chi connectivity index (χ2v) is 26.2. The van der Waals surface area contributed by atoms with E-state index in [4.69, 9.17) is 26.5 Å². The molecule has 10 aromatic heterocycles. The van der Waals surface area contributed by atoms with Crippen LogP contribution in [0.4, 0.5) is 0 Å². The maximum atomic E-state index is 6.19. The molecule has 19 aromatic rings. The van der Waals surface area contributed by atoms with E-state index in [1.54, 1.807) is 0 Å². The summed E-state index contributed by atoms with van der Waals surface area (Å²) in [5.74, 6) is 4.58. The van der Waals surface area contributed by atoms with E-state index >= 15 is 0 Å². The summed E-state index contributed by atoms with van der Waals surface area (Å²) in [6.07, 6.45) is 0. The predicted octanol–water partition coefficient (Wildman–Crippen LogP) is 21.2. The molecule has 0 atom stereocenters. The van der Waals surface area contributed by atoms with Crippen LogP contribution in [0.15, 0.2) is 221 Å². The molecule has 102 heavy (non-hydrogen) atoms. The van der Waals surface area contributed by atoms with Crippen molar-refractivity contribution in [3.05, 3.63) is 268 Å². The average Bonchev–Trinajstić information content (AvgIpc) is 1.59. The van der Waals surface area contributed by atoms with Gasteiger partial charge in [0, 0.05) is 31.5 Å². The monoisotopic (exact) mass is 1350 g/mol. The molecule has 15 heteroatoms. The molecule has 15 nitrogen and oxygen atoms in total. The molecule has 0 N–H and O–H groups in total. The van der Waals surface area contributed by atoms with Crippen molar-refractivity contribution >= 4 is 111 Å². The second-order valence-electron chi connectivity index (χ2n) is 26.2. The van der Waals surface area contributed by atoms with E-state index in [0.29, 0.717) is 11.6 Å². The lowest BCUT2D eigenvalue weighted by Gasteiger charge is -2.13. The van der Waals surface area contributed by atoms with Crippen molar-refractivity contribution in [3.8, 4) is 22.7 Å². The molecule has 0 spiro atoms. The van der Waals surface area contributed by atoms with Crippen LogP contribution < -0.4 is 13.7 Å². The minimum absolute atomic E-state index is 0. The van der Waals surface area contributed by atoms with E-state index in [2.05, 4.69) is 247 Å². The number of oxazole rings is 3. The van der Waals surface area contributed by atoms with E-state index in [1.165, 1.54) is 72.8 Å². The van der Waals surface area contributed by atoms with Gasteiger partial charge in [-0.1, -0.05) is 154 Å². The first-order chi connectivity index (χ1) is 48.3. The van der Waals surface area contributed by atoms with Gasteiger partial charge in [-0.05, 0) is 161 Å². The van der Waals surface area contributed by atoms with Gasteiger partial charge in [-0.3, -0.25) is 9.13 Å². The fraction of sp³-hybridized carbons (Fsp3) is 0.207. The highest BCUT2D eigenvalue weighted by Gasteiger charge is 2.31.